The Morgan fingerprint density at radius 3 is 2.35 bits per heavy atom. The van der Waals surface area contributed by atoms with Gasteiger partial charge in [-0.15, -0.1) is 0 Å². The van der Waals surface area contributed by atoms with Crippen LogP contribution in [0.25, 0.3) is 0 Å². The number of alkyl halides is 3. The van der Waals surface area contributed by atoms with Crippen molar-refractivity contribution >= 4 is 17.8 Å². The monoisotopic (exact) mass is 559 g/mol. The van der Waals surface area contributed by atoms with Gasteiger partial charge in [0, 0.05) is 50.4 Å². The van der Waals surface area contributed by atoms with Crippen molar-refractivity contribution in [3.05, 3.63) is 70.8 Å². The predicted molar refractivity (Wildman–Crippen MR) is 138 cm³/mol. The van der Waals surface area contributed by atoms with E-state index in [0.29, 0.717) is 37.4 Å². The van der Waals surface area contributed by atoms with Crippen molar-refractivity contribution in [2.75, 3.05) is 32.8 Å². The minimum absolute atomic E-state index is 0.0114. The summed E-state index contributed by atoms with van der Waals surface area (Å²) in [7, 11) is 0. The van der Waals surface area contributed by atoms with Gasteiger partial charge >= 0.3 is 12.1 Å². The average molecular weight is 560 g/mol. The first-order valence-electron chi connectivity index (χ1n) is 13.6. The highest BCUT2D eigenvalue weighted by molar-refractivity contribution is 6.17. The Hall–Kier alpha value is -3.76. The Balaban J connectivity index is 1.44. The zero-order chi connectivity index (χ0) is 28.4. The van der Waals surface area contributed by atoms with Crippen LogP contribution in [0.5, 0.6) is 0 Å². The van der Waals surface area contributed by atoms with Gasteiger partial charge in [-0.3, -0.25) is 9.59 Å². The molecule has 1 aliphatic carbocycles. The van der Waals surface area contributed by atoms with Crippen molar-refractivity contribution in [3.63, 3.8) is 0 Å². The SMILES string of the molecule is CCOC(=O)C1=C(N2CCN(C(=O)c3ccco3)CC2)C2CCCCC2N(Cc2ccc(C(F)(F)F)cc2)C1=O. The molecule has 1 aromatic heterocycles. The molecule has 2 amide bonds. The topological polar surface area (TPSA) is 83.3 Å². The first-order valence-corrected chi connectivity index (χ1v) is 13.6. The highest BCUT2D eigenvalue weighted by Gasteiger charge is 2.47. The normalized spacial score (nSPS) is 21.9. The number of nitrogens with zero attached hydrogens (tertiary/aromatic N) is 3. The Labute approximate surface area is 230 Å². The van der Waals surface area contributed by atoms with E-state index in [0.717, 1.165) is 37.8 Å². The highest BCUT2D eigenvalue weighted by atomic mass is 19.4. The fraction of sp³-hybridized carbons (Fsp3) is 0.483. The molecule has 1 saturated heterocycles. The number of fused-ring (bicyclic) bond motifs is 1. The van der Waals surface area contributed by atoms with Crippen molar-refractivity contribution in [2.45, 2.75) is 51.4 Å². The van der Waals surface area contributed by atoms with E-state index < -0.39 is 23.6 Å². The second-order valence-electron chi connectivity index (χ2n) is 10.3. The van der Waals surface area contributed by atoms with E-state index in [-0.39, 0.29) is 42.4 Å². The van der Waals surface area contributed by atoms with Crippen molar-refractivity contribution < 1.29 is 36.7 Å². The number of amides is 2. The van der Waals surface area contributed by atoms with E-state index >= 15 is 0 Å². The van der Waals surface area contributed by atoms with Gasteiger partial charge in [0.2, 0.25) is 0 Å². The molecule has 40 heavy (non-hydrogen) atoms. The maximum Gasteiger partial charge on any atom is 0.416 e. The minimum Gasteiger partial charge on any atom is -0.462 e. The molecule has 0 radical (unpaired) electrons. The van der Waals surface area contributed by atoms with E-state index in [2.05, 4.69) is 0 Å². The molecule has 8 nitrogen and oxygen atoms in total. The van der Waals surface area contributed by atoms with Crippen LogP contribution in [0.2, 0.25) is 0 Å². The first kappa shape index (κ1) is 27.8. The van der Waals surface area contributed by atoms with Crippen LogP contribution < -0.4 is 0 Å². The summed E-state index contributed by atoms with van der Waals surface area (Å²) in [6.07, 6.45) is 0.340. The number of hydrogen-bond acceptors (Lipinski definition) is 6. The van der Waals surface area contributed by atoms with Gasteiger partial charge in [0.15, 0.2) is 5.76 Å². The lowest BCUT2D eigenvalue weighted by molar-refractivity contribution is -0.145. The molecular weight excluding hydrogens is 527 g/mol. The van der Waals surface area contributed by atoms with Gasteiger partial charge in [-0.1, -0.05) is 25.0 Å². The lowest BCUT2D eigenvalue weighted by Gasteiger charge is -2.49. The van der Waals surface area contributed by atoms with Crippen molar-refractivity contribution in [1.82, 2.24) is 14.7 Å². The average Bonchev–Trinajstić information content (AvgIpc) is 3.49. The molecule has 3 heterocycles. The number of carbonyl (C=O) groups is 3. The number of halogens is 3. The summed E-state index contributed by atoms with van der Waals surface area (Å²) in [5.74, 6) is -1.22. The Kier molecular flexibility index (Phi) is 7.91. The summed E-state index contributed by atoms with van der Waals surface area (Å²) in [6.45, 7) is 3.56. The molecule has 2 unspecified atom stereocenters. The number of esters is 1. The molecule has 1 aromatic carbocycles. The summed E-state index contributed by atoms with van der Waals surface area (Å²) in [4.78, 5) is 45.4. The molecule has 2 atom stereocenters. The molecule has 2 aromatic rings. The molecule has 214 valence electrons. The molecule has 5 rings (SSSR count). The Morgan fingerprint density at radius 1 is 1.02 bits per heavy atom. The summed E-state index contributed by atoms with van der Waals surface area (Å²) in [5, 5.41) is 0. The van der Waals surface area contributed by atoms with Crippen LogP contribution >= 0.6 is 0 Å². The number of rotatable bonds is 6. The standard InChI is InChI=1S/C29H32F3N3O5/c1-2-39-28(38)24-25(33-13-15-34(16-14-33)26(36)23-8-5-17-40-23)21-6-3-4-7-22(21)35(27(24)37)18-19-9-11-20(12-10-19)29(30,31)32/h5,8-12,17,21-22H,2-4,6-7,13-16,18H2,1H3. The highest BCUT2D eigenvalue weighted by Crippen LogP contribution is 2.42. The minimum atomic E-state index is -4.45. The molecule has 0 bridgehead atoms. The van der Waals surface area contributed by atoms with E-state index in [1.807, 2.05) is 4.90 Å². The summed E-state index contributed by atoms with van der Waals surface area (Å²) < 4.78 is 49.8. The van der Waals surface area contributed by atoms with Gasteiger partial charge < -0.3 is 23.9 Å². The van der Waals surface area contributed by atoms with E-state index in [1.165, 1.54) is 18.4 Å². The van der Waals surface area contributed by atoms with Crippen LogP contribution in [-0.2, 0) is 27.0 Å². The lowest BCUT2D eigenvalue weighted by atomic mass is 9.76. The van der Waals surface area contributed by atoms with Crippen LogP contribution in [0.15, 0.2) is 58.3 Å². The Morgan fingerprint density at radius 2 is 1.73 bits per heavy atom. The molecular formula is C29H32F3N3O5. The fourth-order valence-electron chi connectivity index (χ4n) is 6.07. The van der Waals surface area contributed by atoms with E-state index in [9.17, 15) is 27.6 Å². The second kappa shape index (κ2) is 11.4. The number of carbonyl (C=O) groups excluding carboxylic acids is 3. The van der Waals surface area contributed by atoms with Crippen LogP contribution in [0.3, 0.4) is 0 Å². The maximum atomic E-state index is 14.0. The third-order valence-electron chi connectivity index (χ3n) is 7.97. The maximum absolute atomic E-state index is 14.0. The number of piperazine rings is 1. The smallest absolute Gasteiger partial charge is 0.416 e. The zero-order valence-corrected chi connectivity index (χ0v) is 22.3. The summed E-state index contributed by atoms with van der Waals surface area (Å²) in [6, 6.07) is 7.87. The van der Waals surface area contributed by atoms with Crippen molar-refractivity contribution in [3.8, 4) is 0 Å². The molecule has 1 saturated carbocycles. The predicted octanol–water partition coefficient (Wildman–Crippen LogP) is 4.47. The number of hydrogen-bond donors (Lipinski definition) is 0. The van der Waals surface area contributed by atoms with Gasteiger partial charge in [0.1, 0.15) is 5.57 Å². The molecule has 0 N–H and O–H groups in total. The molecule has 2 fully saturated rings. The van der Waals surface area contributed by atoms with Crippen molar-refractivity contribution in [2.24, 2.45) is 5.92 Å². The number of ether oxygens (including phenoxy) is 1. The third-order valence-corrected chi connectivity index (χ3v) is 7.97. The van der Waals surface area contributed by atoms with Gasteiger partial charge in [-0.2, -0.15) is 13.2 Å². The molecule has 3 aliphatic rings. The molecule has 11 heteroatoms. The largest absolute Gasteiger partial charge is 0.462 e. The lowest BCUT2D eigenvalue weighted by Crippen LogP contribution is -2.57. The van der Waals surface area contributed by atoms with Gasteiger partial charge in [0.05, 0.1) is 18.4 Å². The van der Waals surface area contributed by atoms with Crippen LogP contribution in [-0.4, -0.2) is 71.3 Å². The first-order chi connectivity index (χ1) is 19.2. The third kappa shape index (κ3) is 5.46. The number of furan rings is 1. The summed E-state index contributed by atoms with van der Waals surface area (Å²) >= 11 is 0. The van der Waals surface area contributed by atoms with Gasteiger partial charge in [-0.05, 0) is 49.6 Å². The van der Waals surface area contributed by atoms with Gasteiger partial charge in [-0.25, -0.2) is 4.79 Å². The van der Waals surface area contributed by atoms with Crippen LogP contribution in [0, 0.1) is 5.92 Å². The zero-order valence-electron chi connectivity index (χ0n) is 22.3. The van der Waals surface area contributed by atoms with E-state index in [1.54, 1.807) is 28.9 Å². The number of benzene rings is 1. The van der Waals surface area contributed by atoms with Gasteiger partial charge in [0.25, 0.3) is 11.8 Å². The Bertz CT molecular complexity index is 1260. The van der Waals surface area contributed by atoms with Crippen LogP contribution in [0.4, 0.5) is 13.2 Å². The quantitative estimate of drug-likeness (QED) is 0.384. The van der Waals surface area contributed by atoms with E-state index in [4.69, 9.17) is 9.15 Å². The van der Waals surface area contributed by atoms with Crippen molar-refractivity contribution in [1.29, 1.82) is 0 Å². The fourth-order valence-corrected chi connectivity index (χ4v) is 6.07. The molecule has 2 aliphatic heterocycles. The van der Waals surface area contributed by atoms with Crippen LogP contribution in [0.1, 0.15) is 54.3 Å². The second-order valence-corrected chi connectivity index (χ2v) is 10.3. The summed E-state index contributed by atoms with van der Waals surface area (Å²) in [5.41, 5.74) is 0.461. The molecule has 0 spiro atoms.